The van der Waals surface area contributed by atoms with Crippen LogP contribution in [0, 0.1) is 11.3 Å². The number of carbonyl (C=O) groups is 1. The number of carboxylic acids is 1. The predicted molar refractivity (Wildman–Crippen MR) is 83.5 cm³/mol. The van der Waals surface area contributed by atoms with Crippen molar-refractivity contribution in [2.75, 3.05) is 0 Å². The molecule has 0 saturated carbocycles. The second kappa shape index (κ2) is 5.52. The third kappa shape index (κ3) is 3.79. The molecule has 0 radical (unpaired) electrons. The highest BCUT2D eigenvalue weighted by Gasteiger charge is 2.17. The van der Waals surface area contributed by atoms with Crippen LogP contribution in [-0.2, 0) is 6.42 Å². The average molecular weight is 291 g/mol. The molecule has 0 saturated heterocycles. The Bertz CT molecular complexity index is 625. The molecule has 0 aliphatic heterocycles. The van der Waals surface area contributed by atoms with Crippen LogP contribution in [0.5, 0.6) is 0 Å². The molecule has 1 heterocycles. The number of rotatable bonds is 4. The van der Waals surface area contributed by atoms with Gasteiger partial charge in [-0.3, -0.25) is 0 Å². The third-order valence-electron chi connectivity index (χ3n) is 3.16. The molecule has 0 aliphatic rings. The monoisotopic (exact) mass is 291 g/mol. The minimum atomic E-state index is -0.886. The number of aromatic nitrogens is 1. The van der Waals surface area contributed by atoms with E-state index in [9.17, 15) is 4.79 Å². The van der Waals surface area contributed by atoms with E-state index in [4.69, 9.17) is 5.11 Å². The van der Waals surface area contributed by atoms with E-state index in [1.54, 1.807) is 29.5 Å². The molecular formula is C16H21NO2S. The molecule has 3 nitrogen and oxygen atoms in total. The van der Waals surface area contributed by atoms with Gasteiger partial charge in [-0.2, -0.15) is 0 Å². The van der Waals surface area contributed by atoms with Crippen molar-refractivity contribution in [3.05, 3.63) is 28.8 Å². The van der Waals surface area contributed by atoms with Crippen molar-refractivity contribution in [2.45, 2.75) is 40.5 Å². The van der Waals surface area contributed by atoms with E-state index in [0.29, 0.717) is 16.9 Å². The molecule has 1 atom stereocenters. The lowest BCUT2D eigenvalue weighted by molar-refractivity contribution is 0.0697. The van der Waals surface area contributed by atoms with E-state index >= 15 is 0 Å². The second-order valence-corrected chi connectivity index (χ2v) is 7.78. The highest BCUT2D eigenvalue weighted by Crippen LogP contribution is 2.29. The Morgan fingerprint density at radius 3 is 2.70 bits per heavy atom. The van der Waals surface area contributed by atoms with E-state index in [0.717, 1.165) is 28.1 Å². The van der Waals surface area contributed by atoms with Gasteiger partial charge in [0.25, 0.3) is 0 Å². The summed E-state index contributed by atoms with van der Waals surface area (Å²) in [6.07, 6.45) is 2.11. The van der Waals surface area contributed by atoms with Crippen molar-refractivity contribution in [3.63, 3.8) is 0 Å². The maximum Gasteiger partial charge on any atom is 0.335 e. The van der Waals surface area contributed by atoms with Gasteiger partial charge in [0.05, 0.1) is 20.8 Å². The van der Waals surface area contributed by atoms with Crippen molar-refractivity contribution < 1.29 is 9.90 Å². The number of fused-ring (bicyclic) bond motifs is 1. The lowest BCUT2D eigenvalue weighted by atomic mass is 9.84. The summed E-state index contributed by atoms with van der Waals surface area (Å²) in [5.41, 5.74) is 1.56. The minimum absolute atomic E-state index is 0.326. The van der Waals surface area contributed by atoms with E-state index < -0.39 is 5.97 Å². The Morgan fingerprint density at radius 1 is 1.40 bits per heavy atom. The number of aromatic carboxylic acids is 1. The van der Waals surface area contributed by atoms with Crippen LogP contribution >= 0.6 is 11.3 Å². The summed E-state index contributed by atoms with van der Waals surface area (Å²) in [5, 5.41) is 10.1. The fourth-order valence-electron chi connectivity index (χ4n) is 2.61. The van der Waals surface area contributed by atoms with Gasteiger partial charge in [-0.05, 0) is 36.0 Å². The molecule has 0 spiro atoms. The van der Waals surface area contributed by atoms with E-state index in [-0.39, 0.29) is 0 Å². The Hall–Kier alpha value is -1.42. The molecule has 0 amide bonds. The van der Waals surface area contributed by atoms with Gasteiger partial charge in [0.2, 0.25) is 0 Å². The summed E-state index contributed by atoms with van der Waals surface area (Å²) in [6.45, 7) is 9.00. The Kier molecular flexibility index (Phi) is 4.14. The van der Waals surface area contributed by atoms with Crippen LogP contribution in [0.25, 0.3) is 10.2 Å². The van der Waals surface area contributed by atoms with E-state index in [2.05, 4.69) is 32.7 Å². The molecule has 1 aromatic heterocycles. The van der Waals surface area contributed by atoms with Crippen LogP contribution in [0.2, 0.25) is 0 Å². The summed E-state index contributed by atoms with van der Waals surface area (Å²) in [7, 11) is 0. The van der Waals surface area contributed by atoms with Gasteiger partial charge < -0.3 is 5.11 Å². The number of carboxylic acid groups (broad SMARTS) is 1. The van der Waals surface area contributed by atoms with Gasteiger partial charge >= 0.3 is 5.97 Å². The zero-order valence-electron chi connectivity index (χ0n) is 12.4. The fourth-order valence-corrected chi connectivity index (χ4v) is 3.78. The fraction of sp³-hybridized carbons (Fsp3) is 0.500. The van der Waals surface area contributed by atoms with Crippen molar-refractivity contribution in [3.8, 4) is 0 Å². The van der Waals surface area contributed by atoms with Crippen molar-refractivity contribution in [1.29, 1.82) is 0 Å². The maximum atomic E-state index is 11.0. The first-order chi connectivity index (χ1) is 9.24. The Morgan fingerprint density at radius 2 is 2.10 bits per heavy atom. The summed E-state index contributed by atoms with van der Waals surface area (Å²) < 4.78 is 0.961. The largest absolute Gasteiger partial charge is 0.478 e. The summed E-state index contributed by atoms with van der Waals surface area (Å²) >= 11 is 1.61. The summed E-state index contributed by atoms with van der Waals surface area (Å²) in [5.74, 6) is -0.308. The van der Waals surface area contributed by atoms with Gasteiger partial charge in [-0.1, -0.05) is 27.7 Å². The maximum absolute atomic E-state index is 11.0. The molecule has 108 valence electrons. The molecule has 2 rings (SSSR count). The van der Waals surface area contributed by atoms with Crippen LogP contribution < -0.4 is 0 Å². The van der Waals surface area contributed by atoms with Crippen LogP contribution in [0.3, 0.4) is 0 Å². The molecule has 1 unspecified atom stereocenters. The number of hydrogen-bond donors (Lipinski definition) is 1. The van der Waals surface area contributed by atoms with Crippen LogP contribution in [0.4, 0.5) is 0 Å². The van der Waals surface area contributed by atoms with Crippen molar-refractivity contribution in [2.24, 2.45) is 11.3 Å². The van der Waals surface area contributed by atoms with Crippen LogP contribution in [0.1, 0.15) is 49.5 Å². The molecule has 2 aromatic rings. The zero-order chi connectivity index (χ0) is 14.9. The number of thiazole rings is 1. The molecule has 1 N–H and O–H groups in total. The normalized spacial score (nSPS) is 13.6. The zero-order valence-corrected chi connectivity index (χ0v) is 13.3. The predicted octanol–water partition coefficient (Wildman–Crippen LogP) is 4.61. The lowest BCUT2D eigenvalue weighted by Crippen LogP contribution is -2.12. The standard InChI is InChI=1S/C16H21NO2S/c1-10(9-16(2,3)4)7-14-17-12-6-5-11(15(18)19)8-13(12)20-14/h5-6,8,10H,7,9H2,1-4H3,(H,18,19). The first-order valence-electron chi connectivity index (χ1n) is 6.87. The highest BCUT2D eigenvalue weighted by atomic mass is 32.1. The summed E-state index contributed by atoms with van der Waals surface area (Å²) in [6, 6.07) is 5.13. The SMILES string of the molecule is CC(Cc1nc2ccc(C(=O)O)cc2s1)CC(C)(C)C. The van der Waals surface area contributed by atoms with Gasteiger partial charge in [0.15, 0.2) is 0 Å². The van der Waals surface area contributed by atoms with E-state index in [1.165, 1.54) is 0 Å². The molecule has 0 aliphatic carbocycles. The first kappa shape index (κ1) is 15.0. The summed E-state index contributed by atoms with van der Waals surface area (Å²) in [4.78, 5) is 15.6. The smallest absolute Gasteiger partial charge is 0.335 e. The topological polar surface area (TPSA) is 50.2 Å². The second-order valence-electron chi connectivity index (χ2n) is 6.67. The number of hydrogen-bond acceptors (Lipinski definition) is 3. The quantitative estimate of drug-likeness (QED) is 0.895. The first-order valence-corrected chi connectivity index (χ1v) is 7.69. The van der Waals surface area contributed by atoms with Gasteiger partial charge in [0, 0.05) is 6.42 Å². The third-order valence-corrected chi connectivity index (χ3v) is 4.20. The van der Waals surface area contributed by atoms with Crippen LogP contribution in [0.15, 0.2) is 18.2 Å². The number of benzene rings is 1. The Balaban J connectivity index is 2.17. The van der Waals surface area contributed by atoms with Crippen molar-refractivity contribution in [1.82, 2.24) is 4.98 Å². The van der Waals surface area contributed by atoms with Crippen LogP contribution in [-0.4, -0.2) is 16.1 Å². The van der Waals surface area contributed by atoms with Crippen molar-refractivity contribution >= 4 is 27.5 Å². The molecular weight excluding hydrogens is 270 g/mol. The number of nitrogens with zero attached hydrogens (tertiary/aromatic N) is 1. The lowest BCUT2D eigenvalue weighted by Gasteiger charge is -2.22. The highest BCUT2D eigenvalue weighted by molar-refractivity contribution is 7.18. The minimum Gasteiger partial charge on any atom is -0.478 e. The molecule has 20 heavy (non-hydrogen) atoms. The van der Waals surface area contributed by atoms with Gasteiger partial charge in [0.1, 0.15) is 0 Å². The molecule has 0 fully saturated rings. The molecule has 0 bridgehead atoms. The molecule has 4 heteroatoms. The van der Waals surface area contributed by atoms with Gasteiger partial charge in [-0.25, -0.2) is 9.78 Å². The average Bonchev–Trinajstić information content (AvgIpc) is 2.66. The van der Waals surface area contributed by atoms with E-state index in [1.807, 2.05) is 0 Å². The van der Waals surface area contributed by atoms with Gasteiger partial charge in [-0.15, -0.1) is 11.3 Å². The Labute approximate surface area is 123 Å². The molecule has 1 aromatic carbocycles.